The van der Waals surface area contributed by atoms with Crippen molar-refractivity contribution in [3.8, 4) is 0 Å². The monoisotopic (exact) mass is 532 g/mol. The van der Waals surface area contributed by atoms with Gasteiger partial charge in [-0.25, -0.2) is 0 Å². The third-order valence-corrected chi connectivity index (χ3v) is 9.21. The maximum absolute atomic E-state index is 12.9. The fraction of sp³-hybridized carbons (Fsp3) is 0.700. The molecule has 9 atom stereocenters. The van der Waals surface area contributed by atoms with Gasteiger partial charge in [-0.2, -0.15) is 0 Å². The van der Waals surface area contributed by atoms with E-state index in [1.54, 1.807) is 13.2 Å². The van der Waals surface area contributed by atoms with Crippen LogP contribution in [0, 0.1) is 28.6 Å². The highest BCUT2D eigenvalue weighted by Gasteiger charge is 2.71. The van der Waals surface area contributed by atoms with E-state index in [4.69, 9.17) is 23.7 Å². The Kier molecular flexibility index (Phi) is 9.30. The molecule has 8 heteroatoms. The molecule has 1 saturated heterocycles. The van der Waals surface area contributed by atoms with Crippen molar-refractivity contribution < 1.29 is 38.1 Å². The summed E-state index contributed by atoms with van der Waals surface area (Å²) in [5.41, 5.74) is 0.319. The minimum absolute atomic E-state index is 0.194. The summed E-state index contributed by atoms with van der Waals surface area (Å²) in [6.45, 7) is 18.8. The number of methoxy groups -OCH3 is 1. The van der Waals surface area contributed by atoms with Gasteiger partial charge in [0, 0.05) is 26.5 Å². The number of esters is 3. The molecule has 0 amide bonds. The predicted octanol–water partition coefficient (Wildman–Crippen LogP) is 5.27. The Labute approximate surface area is 226 Å². The first-order valence-electron chi connectivity index (χ1n) is 13.6. The second-order valence-electron chi connectivity index (χ2n) is 11.4. The molecule has 0 radical (unpaired) electrons. The molecule has 3 rings (SSSR count). The standard InChI is InChI=1S/C30H44O8/c1-10-17(3)12-13-29(8)19(5)14-25(34-9)30-23(27(35-20(6)31)38-28(30)36-21(7)32)15-22(16-24(29)30)37-26(33)18(4)11-2/h10,15,18-19,22,24-25,27-28H,1,3,11-14,16H2,2,4-9H3/t18?,19-,22+,24+,25+,27+,28-,29-,30-/m1/s1. The molecular weight excluding hydrogens is 488 g/mol. The summed E-state index contributed by atoms with van der Waals surface area (Å²) in [4.78, 5) is 37.3. The van der Waals surface area contributed by atoms with Crippen molar-refractivity contribution in [1.82, 2.24) is 0 Å². The van der Waals surface area contributed by atoms with E-state index in [1.807, 2.05) is 19.9 Å². The number of hydrogen-bond donors (Lipinski definition) is 0. The molecule has 212 valence electrons. The first-order valence-corrected chi connectivity index (χ1v) is 13.6. The molecule has 1 unspecified atom stereocenters. The van der Waals surface area contributed by atoms with E-state index in [0.717, 1.165) is 18.4 Å². The van der Waals surface area contributed by atoms with Crippen LogP contribution in [0.4, 0.5) is 0 Å². The Morgan fingerprint density at radius 2 is 1.84 bits per heavy atom. The average molecular weight is 533 g/mol. The van der Waals surface area contributed by atoms with Crippen molar-refractivity contribution >= 4 is 17.9 Å². The minimum atomic E-state index is -1.09. The summed E-state index contributed by atoms with van der Waals surface area (Å²) in [5.74, 6) is -1.57. The van der Waals surface area contributed by atoms with Gasteiger partial charge >= 0.3 is 17.9 Å². The van der Waals surface area contributed by atoms with Crippen LogP contribution in [-0.4, -0.2) is 49.8 Å². The highest BCUT2D eigenvalue weighted by atomic mass is 16.8. The minimum Gasteiger partial charge on any atom is -0.458 e. The van der Waals surface area contributed by atoms with Crippen molar-refractivity contribution in [1.29, 1.82) is 0 Å². The van der Waals surface area contributed by atoms with Crippen LogP contribution in [0.1, 0.15) is 73.6 Å². The zero-order chi connectivity index (χ0) is 28.4. The molecule has 38 heavy (non-hydrogen) atoms. The van der Waals surface area contributed by atoms with Crippen LogP contribution in [0.5, 0.6) is 0 Å². The molecular formula is C30H44O8. The molecule has 0 aromatic heterocycles. The van der Waals surface area contributed by atoms with Crippen LogP contribution in [-0.2, 0) is 38.1 Å². The summed E-state index contributed by atoms with van der Waals surface area (Å²) in [6.07, 6.45) is 3.86. The van der Waals surface area contributed by atoms with Crippen LogP contribution in [0.3, 0.4) is 0 Å². The van der Waals surface area contributed by atoms with E-state index in [-0.39, 0.29) is 35.2 Å². The largest absolute Gasteiger partial charge is 0.458 e. The van der Waals surface area contributed by atoms with Crippen molar-refractivity contribution in [2.24, 2.45) is 28.6 Å². The van der Waals surface area contributed by atoms with Crippen molar-refractivity contribution in [3.05, 3.63) is 36.5 Å². The molecule has 0 bridgehead atoms. The van der Waals surface area contributed by atoms with E-state index >= 15 is 0 Å². The van der Waals surface area contributed by atoms with Gasteiger partial charge < -0.3 is 18.9 Å². The third-order valence-electron chi connectivity index (χ3n) is 9.21. The lowest BCUT2D eigenvalue weighted by atomic mass is 9.45. The maximum atomic E-state index is 12.9. The van der Waals surface area contributed by atoms with Gasteiger partial charge in [-0.3, -0.25) is 19.1 Å². The molecule has 8 nitrogen and oxygen atoms in total. The average Bonchev–Trinajstić information content (AvgIpc) is 3.15. The molecule has 1 aliphatic heterocycles. The Morgan fingerprint density at radius 1 is 1.18 bits per heavy atom. The molecule has 1 saturated carbocycles. The Morgan fingerprint density at radius 3 is 2.39 bits per heavy atom. The Bertz CT molecular complexity index is 985. The molecule has 1 heterocycles. The lowest BCUT2D eigenvalue weighted by Gasteiger charge is -2.61. The van der Waals surface area contributed by atoms with E-state index in [0.29, 0.717) is 24.8 Å². The van der Waals surface area contributed by atoms with E-state index in [2.05, 4.69) is 27.0 Å². The van der Waals surface area contributed by atoms with Crippen LogP contribution < -0.4 is 0 Å². The summed E-state index contributed by atoms with van der Waals surface area (Å²) in [6, 6.07) is 0. The van der Waals surface area contributed by atoms with Gasteiger partial charge in [-0.1, -0.05) is 52.5 Å². The van der Waals surface area contributed by atoms with Crippen LogP contribution in [0.15, 0.2) is 36.5 Å². The lowest BCUT2D eigenvalue weighted by molar-refractivity contribution is -0.258. The zero-order valence-corrected chi connectivity index (χ0v) is 23.9. The topological polar surface area (TPSA) is 97.4 Å². The predicted molar refractivity (Wildman–Crippen MR) is 141 cm³/mol. The highest BCUT2D eigenvalue weighted by Crippen LogP contribution is 2.68. The van der Waals surface area contributed by atoms with Gasteiger partial charge in [0.1, 0.15) is 6.10 Å². The second kappa shape index (κ2) is 11.7. The number of carbonyl (C=O) groups is 3. The molecule has 1 spiro atoms. The fourth-order valence-electron chi connectivity index (χ4n) is 6.70. The van der Waals surface area contributed by atoms with Crippen LogP contribution in [0.25, 0.3) is 0 Å². The Balaban J connectivity index is 2.22. The normalized spacial score (nSPS) is 36.7. The van der Waals surface area contributed by atoms with Gasteiger partial charge in [0.2, 0.25) is 12.6 Å². The SMILES string of the molecule is C=CC(=C)CC[C@]1(C)[C@H](C)C[C@H](OC)[C@@]23C(=C[C@H](OC(=O)C(C)CC)C[C@@H]12)[C@@H](OC(C)=O)O[C@H]3OC(C)=O. The number of ether oxygens (including phenoxy) is 5. The van der Waals surface area contributed by atoms with Crippen LogP contribution in [0.2, 0.25) is 0 Å². The number of allylic oxidation sites excluding steroid dienone is 2. The van der Waals surface area contributed by atoms with Crippen molar-refractivity contribution in [2.75, 3.05) is 7.11 Å². The summed E-state index contributed by atoms with van der Waals surface area (Å²) in [7, 11) is 1.64. The number of rotatable bonds is 10. The summed E-state index contributed by atoms with van der Waals surface area (Å²) >= 11 is 0. The van der Waals surface area contributed by atoms with Crippen molar-refractivity contribution in [2.45, 2.75) is 98.4 Å². The second-order valence-corrected chi connectivity index (χ2v) is 11.4. The van der Waals surface area contributed by atoms with Crippen LogP contribution >= 0.6 is 0 Å². The number of hydrogen-bond acceptors (Lipinski definition) is 8. The first kappa shape index (κ1) is 30.1. The quantitative estimate of drug-likeness (QED) is 0.162. The third kappa shape index (κ3) is 5.34. The number of carbonyl (C=O) groups excluding carboxylic acids is 3. The lowest BCUT2D eigenvalue weighted by Crippen LogP contribution is -2.63. The van der Waals surface area contributed by atoms with Crippen molar-refractivity contribution in [3.63, 3.8) is 0 Å². The van der Waals surface area contributed by atoms with Gasteiger partial charge in [0.25, 0.3) is 0 Å². The van der Waals surface area contributed by atoms with E-state index < -0.39 is 36.0 Å². The fourth-order valence-corrected chi connectivity index (χ4v) is 6.70. The Hall–Kier alpha value is -2.45. The zero-order valence-electron chi connectivity index (χ0n) is 23.9. The molecule has 2 aliphatic carbocycles. The van der Waals surface area contributed by atoms with Gasteiger partial charge in [-0.15, -0.1) is 0 Å². The molecule has 2 fully saturated rings. The molecule has 0 aromatic rings. The van der Waals surface area contributed by atoms with Gasteiger partial charge in [0.05, 0.1) is 17.4 Å². The first-order chi connectivity index (χ1) is 17.8. The molecule has 3 aliphatic rings. The highest BCUT2D eigenvalue weighted by molar-refractivity contribution is 5.72. The van der Waals surface area contributed by atoms with Gasteiger partial charge in [0.15, 0.2) is 0 Å². The molecule has 0 N–H and O–H groups in total. The maximum Gasteiger partial charge on any atom is 0.309 e. The summed E-state index contributed by atoms with van der Waals surface area (Å²) < 4.78 is 29.8. The molecule has 0 aromatic carbocycles. The smallest absolute Gasteiger partial charge is 0.309 e. The van der Waals surface area contributed by atoms with Gasteiger partial charge in [-0.05, 0) is 55.4 Å². The van der Waals surface area contributed by atoms with E-state index in [1.165, 1.54) is 13.8 Å². The summed E-state index contributed by atoms with van der Waals surface area (Å²) in [5, 5.41) is 0. The van der Waals surface area contributed by atoms with E-state index in [9.17, 15) is 14.4 Å².